The van der Waals surface area contributed by atoms with Gasteiger partial charge in [-0.2, -0.15) is 18.3 Å². The Bertz CT molecular complexity index is 1170. The molecule has 3 atom stereocenters. The number of aliphatic hydroxyl groups excluding tert-OH is 1. The van der Waals surface area contributed by atoms with Crippen LogP contribution in [0.3, 0.4) is 0 Å². The molecule has 0 spiro atoms. The Kier molecular flexibility index (Phi) is 6.17. The molecule has 1 aliphatic rings. The van der Waals surface area contributed by atoms with Crippen LogP contribution in [-0.4, -0.2) is 41.2 Å². The fourth-order valence-electron chi connectivity index (χ4n) is 3.90. The number of hydrogen-bond donors (Lipinski definition) is 3. The number of methoxy groups -OCH3 is 2. The number of alkyl halides is 3. The largest absolute Gasteiger partial charge is 0.493 e. The molecule has 1 aliphatic heterocycles. The van der Waals surface area contributed by atoms with Gasteiger partial charge in [-0.15, -0.1) is 0 Å². The van der Waals surface area contributed by atoms with Crippen molar-refractivity contribution in [3.8, 4) is 11.5 Å². The molecule has 4 rings (SSSR count). The quantitative estimate of drug-likeness (QED) is 0.478. The van der Waals surface area contributed by atoms with Gasteiger partial charge in [0.1, 0.15) is 11.6 Å². The number of ether oxygens (including phenoxy) is 2. The summed E-state index contributed by atoms with van der Waals surface area (Å²) < 4.78 is 57.9. The molecule has 0 radical (unpaired) electrons. The van der Waals surface area contributed by atoms with Gasteiger partial charge in [-0.05, 0) is 25.1 Å². The zero-order chi connectivity index (χ0) is 24.6. The van der Waals surface area contributed by atoms with E-state index in [1.165, 1.54) is 45.6 Å². The van der Waals surface area contributed by atoms with Gasteiger partial charge in [-0.25, -0.2) is 4.68 Å². The molecular weight excluding hydrogens is 457 g/mol. The Morgan fingerprint density at radius 3 is 2.59 bits per heavy atom. The third-order valence-corrected chi connectivity index (χ3v) is 5.56. The topological polar surface area (TPSA) is 111 Å². The minimum Gasteiger partial charge on any atom is -0.493 e. The van der Waals surface area contributed by atoms with E-state index < -0.39 is 30.3 Å². The number of benzene rings is 1. The maximum absolute atomic E-state index is 13.8. The zero-order valence-electron chi connectivity index (χ0n) is 18.5. The van der Waals surface area contributed by atoms with E-state index in [1.54, 1.807) is 12.1 Å². The van der Waals surface area contributed by atoms with Crippen molar-refractivity contribution in [3.63, 3.8) is 0 Å². The average molecular weight is 480 g/mol. The molecule has 0 fully saturated rings. The highest BCUT2D eigenvalue weighted by atomic mass is 19.4. The lowest BCUT2D eigenvalue weighted by atomic mass is 10.0. The summed E-state index contributed by atoms with van der Waals surface area (Å²) >= 11 is 0. The second kappa shape index (κ2) is 8.93. The fourth-order valence-corrected chi connectivity index (χ4v) is 3.90. The molecule has 12 heteroatoms. The molecule has 0 unspecified atom stereocenters. The van der Waals surface area contributed by atoms with Gasteiger partial charge in [0.05, 0.1) is 38.3 Å². The minimum absolute atomic E-state index is 0.0307. The van der Waals surface area contributed by atoms with Crippen LogP contribution < -0.4 is 20.1 Å². The number of nitrogens with one attached hydrogen (secondary N) is 2. The number of fused-ring (bicyclic) bond motifs is 1. The van der Waals surface area contributed by atoms with Crippen LogP contribution in [0.15, 0.2) is 41.0 Å². The van der Waals surface area contributed by atoms with Crippen molar-refractivity contribution in [2.24, 2.45) is 0 Å². The van der Waals surface area contributed by atoms with Gasteiger partial charge in [0, 0.05) is 24.1 Å². The van der Waals surface area contributed by atoms with Crippen LogP contribution in [0.1, 0.15) is 53.3 Å². The van der Waals surface area contributed by atoms with Crippen LogP contribution in [0.25, 0.3) is 0 Å². The first kappa shape index (κ1) is 23.5. The molecule has 0 bridgehead atoms. The lowest BCUT2D eigenvalue weighted by molar-refractivity contribution is -0.174. The zero-order valence-corrected chi connectivity index (χ0v) is 18.5. The number of anilines is 2. The number of furan rings is 1. The number of aliphatic hydroxyl groups is 1. The van der Waals surface area contributed by atoms with Crippen molar-refractivity contribution in [3.05, 3.63) is 53.6 Å². The number of carbonyl (C=O) groups is 1. The molecule has 3 N–H and O–H groups in total. The highest BCUT2D eigenvalue weighted by Crippen LogP contribution is 2.44. The van der Waals surface area contributed by atoms with Crippen molar-refractivity contribution in [2.45, 2.75) is 37.7 Å². The molecule has 1 amide bonds. The Morgan fingerprint density at radius 1 is 1.29 bits per heavy atom. The van der Waals surface area contributed by atoms with E-state index in [9.17, 15) is 23.1 Å². The van der Waals surface area contributed by atoms with Crippen LogP contribution in [0.5, 0.6) is 11.5 Å². The Balaban J connectivity index is 1.67. The van der Waals surface area contributed by atoms with Crippen LogP contribution in [0.4, 0.5) is 24.7 Å². The highest BCUT2D eigenvalue weighted by molar-refractivity contribution is 6.04. The van der Waals surface area contributed by atoms with Gasteiger partial charge in [-0.1, -0.05) is 0 Å². The van der Waals surface area contributed by atoms with Crippen molar-refractivity contribution < 1.29 is 37.0 Å². The van der Waals surface area contributed by atoms with Gasteiger partial charge in [0.2, 0.25) is 0 Å². The molecule has 0 saturated heterocycles. The normalized spacial score (nSPS) is 18.6. The molecule has 34 heavy (non-hydrogen) atoms. The predicted octanol–water partition coefficient (Wildman–Crippen LogP) is 4.46. The lowest BCUT2D eigenvalue weighted by Gasteiger charge is -2.32. The van der Waals surface area contributed by atoms with Crippen molar-refractivity contribution in [1.82, 2.24) is 9.78 Å². The molecule has 3 heterocycles. The fraction of sp³-hybridized carbons (Fsp3) is 0.364. The first-order chi connectivity index (χ1) is 16.1. The second-order valence-electron chi connectivity index (χ2n) is 7.79. The maximum atomic E-state index is 13.8. The number of amides is 1. The van der Waals surface area contributed by atoms with Crippen LogP contribution in [0.2, 0.25) is 0 Å². The number of carbonyl (C=O) groups excluding carboxylic acids is 1. The summed E-state index contributed by atoms with van der Waals surface area (Å²) in [4.78, 5) is 13.0. The molecule has 0 saturated carbocycles. The first-order valence-corrected chi connectivity index (χ1v) is 10.3. The van der Waals surface area contributed by atoms with Crippen LogP contribution in [0, 0.1) is 0 Å². The standard InChI is InChI=1S/C22H23F3N4O5/c1-11(30)12-7-17(32-2)18(33-3)8-13(12)27-21(31)15-10-20-26-14(16-5-4-6-34-16)9-19(22(23,24)25)29(20)28-15/h4-8,10-11,14,19,26,30H,9H2,1-3H3,(H,27,31)/t11-,14+,19+/m1/s1. The summed E-state index contributed by atoms with van der Waals surface area (Å²) in [7, 11) is 2.84. The van der Waals surface area contributed by atoms with Crippen LogP contribution in [-0.2, 0) is 0 Å². The maximum Gasteiger partial charge on any atom is 0.410 e. The molecule has 0 aliphatic carbocycles. The average Bonchev–Trinajstić information content (AvgIpc) is 3.47. The summed E-state index contributed by atoms with van der Waals surface area (Å²) in [6.07, 6.45) is -4.54. The third-order valence-electron chi connectivity index (χ3n) is 5.56. The summed E-state index contributed by atoms with van der Waals surface area (Å²) in [5, 5.41) is 19.6. The summed E-state index contributed by atoms with van der Waals surface area (Å²) in [6.45, 7) is 1.50. The smallest absolute Gasteiger partial charge is 0.410 e. The molecule has 3 aromatic rings. The van der Waals surface area contributed by atoms with E-state index in [-0.39, 0.29) is 23.6 Å². The van der Waals surface area contributed by atoms with E-state index in [0.29, 0.717) is 22.8 Å². The third kappa shape index (κ3) is 4.40. The number of hydrogen-bond acceptors (Lipinski definition) is 7. The summed E-state index contributed by atoms with van der Waals surface area (Å²) in [5.41, 5.74) is 0.305. The number of halogens is 3. The van der Waals surface area contributed by atoms with Crippen molar-refractivity contribution >= 4 is 17.4 Å². The molecular formula is C22H23F3N4O5. The highest BCUT2D eigenvalue weighted by Gasteiger charge is 2.47. The molecule has 2 aromatic heterocycles. The van der Waals surface area contributed by atoms with Gasteiger partial charge in [0.15, 0.2) is 23.2 Å². The number of aromatic nitrogens is 2. The van der Waals surface area contributed by atoms with Crippen molar-refractivity contribution in [1.29, 1.82) is 0 Å². The van der Waals surface area contributed by atoms with E-state index in [2.05, 4.69) is 15.7 Å². The summed E-state index contributed by atoms with van der Waals surface area (Å²) in [5.74, 6) is 0.262. The Morgan fingerprint density at radius 2 is 2.00 bits per heavy atom. The number of rotatable bonds is 6. The van der Waals surface area contributed by atoms with E-state index in [0.717, 1.165) is 4.68 Å². The minimum atomic E-state index is -4.59. The van der Waals surface area contributed by atoms with Crippen molar-refractivity contribution in [2.75, 3.05) is 24.9 Å². The van der Waals surface area contributed by atoms with E-state index >= 15 is 0 Å². The van der Waals surface area contributed by atoms with Gasteiger partial charge >= 0.3 is 6.18 Å². The SMILES string of the molecule is COc1cc(NC(=O)c2cc3n(n2)[C@H](C(F)(F)F)C[C@@H](c2ccco2)N3)c([C@@H](C)O)cc1OC. The number of nitrogens with zero attached hydrogens (tertiary/aromatic N) is 2. The lowest BCUT2D eigenvalue weighted by Crippen LogP contribution is -2.35. The van der Waals surface area contributed by atoms with E-state index in [4.69, 9.17) is 13.9 Å². The predicted molar refractivity (Wildman–Crippen MR) is 115 cm³/mol. The summed E-state index contributed by atoms with van der Waals surface area (Å²) in [6, 6.07) is 4.69. The second-order valence-corrected chi connectivity index (χ2v) is 7.79. The monoisotopic (exact) mass is 480 g/mol. The molecule has 1 aromatic carbocycles. The Hall–Kier alpha value is -3.67. The van der Waals surface area contributed by atoms with E-state index in [1.807, 2.05) is 0 Å². The molecule has 182 valence electrons. The van der Waals surface area contributed by atoms with Gasteiger partial charge in [0.25, 0.3) is 5.91 Å². The Labute approximate surface area is 192 Å². The van der Waals surface area contributed by atoms with Gasteiger partial charge < -0.3 is 29.6 Å². The van der Waals surface area contributed by atoms with Gasteiger partial charge in [-0.3, -0.25) is 4.79 Å². The van der Waals surface area contributed by atoms with Crippen LogP contribution >= 0.6 is 0 Å². The first-order valence-electron chi connectivity index (χ1n) is 10.3. The molecule has 9 nitrogen and oxygen atoms in total.